The van der Waals surface area contributed by atoms with Gasteiger partial charge >= 0.3 is 12.1 Å². The summed E-state index contributed by atoms with van der Waals surface area (Å²) >= 11 is 0. The maximum Gasteiger partial charge on any atom is 0.416 e. The average molecular weight is 545 g/mol. The molecule has 1 unspecified atom stereocenters. The van der Waals surface area contributed by atoms with Gasteiger partial charge in [-0.1, -0.05) is 12.1 Å². The van der Waals surface area contributed by atoms with E-state index in [1.165, 1.54) is 32.0 Å². The van der Waals surface area contributed by atoms with Crippen LogP contribution in [0.25, 0.3) is 0 Å². The molecule has 1 amide bonds. The molecular formula is C26H27F3N6O4. The number of carbonyl (C=O) groups excluding carboxylic acids is 2. The second-order valence-corrected chi connectivity index (χ2v) is 8.68. The number of esters is 1. The van der Waals surface area contributed by atoms with Crippen molar-refractivity contribution in [2.75, 3.05) is 18.6 Å². The van der Waals surface area contributed by atoms with Crippen LogP contribution in [-0.4, -0.2) is 47.8 Å². The Morgan fingerprint density at radius 1 is 1.28 bits per heavy atom. The molecule has 13 heteroatoms. The summed E-state index contributed by atoms with van der Waals surface area (Å²) in [7, 11) is 1.12. The van der Waals surface area contributed by atoms with E-state index in [9.17, 15) is 33.1 Å². The number of amides is 1. The lowest BCUT2D eigenvalue weighted by Gasteiger charge is -2.46. The summed E-state index contributed by atoms with van der Waals surface area (Å²) < 4.78 is 45.4. The zero-order chi connectivity index (χ0) is 29.1. The lowest BCUT2D eigenvalue weighted by Crippen LogP contribution is -2.58. The summed E-state index contributed by atoms with van der Waals surface area (Å²) in [4.78, 5) is 26.6. The second kappa shape index (κ2) is 11.5. The third-order valence-corrected chi connectivity index (χ3v) is 6.19. The van der Waals surface area contributed by atoms with Crippen molar-refractivity contribution in [3.8, 4) is 6.07 Å². The van der Waals surface area contributed by atoms with Gasteiger partial charge in [0.2, 0.25) is 11.9 Å². The summed E-state index contributed by atoms with van der Waals surface area (Å²) in [6, 6.07) is 9.53. The number of rotatable bonds is 7. The van der Waals surface area contributed by atoms with Crippen molar-refractivity contribution in [2.45, 2.75) is 38.8 Å². The molecule has 2 aromatic carbocycles. The third-order valence-electron chi connectivity index (χ3n) is 6.19. The number of aliphatic hydroxyl groups is 1. The number of nitrogens with zero attached hydrogens (tertiary/aromatic N) is 3. The zero-order valence-corrected chi connectivity index (χ0v) is 21.3. The Morgan fingerprint density at radius 2 is 1.97 bits per heavy atom. The first-order valence-corrected chi connectivity index (χ1v) is 11.7. The topological polar surface area (TPSA) is 156 Å². The summed E-state index contributed by atoms with van der Waals surface area (Å²) in [5, 5.41) is 31.5. The molecule has 10 nitrogen and oxygen atoms in total. The molecule has 2 aromatic rings. The summed E-state index contributed by atoms with van der Waals surface area (Å²) in [6.45, 7) is 2.96. The van der Waals surface area contributed by atoms with Gasteiger partial charge in [0.1, 0.15) is 0 Å². The molecule has 0 aliphatic carbocycles. The van der Waals surface area contributed by atoms with Crippen LogP contribution in [0.2, 0.25) is 0 Å². The number of aliphatic hydroxyl groups excluding tert-OH is 1. The van der Waals surface area contributed by atoms with E-state index in [1.54, 1.807) is 6.07 Å². The molecule has 1 aliphatic heterocycles. The first-order valence-electron chi connectivity index (χ1n) is 11.7. The normalized spacial score (nSPS) is 16.6. The van der Waals surface area contributed by atoms with Gasteiger partial charge in [0.25, 0.3) is 0 Å². The predicted octanol–water partition coefficient (Wildman–Crippen LogP) is 2.74. The van der Waals surface area contributed by atoms with Crippen molar-refractivity contribution in [3.63, 3.8) is 0 Å². The molecule has 206 valence electrons. The molecule has 0 aromatic heterocycles. The minimum atomic E-state index is -4.67. The van der Waals surface area contributed by atoms with Crippen LogP contribution in [0, 0.1) is 16.7 Å². The summed E-state index contributed by atoms with van der Waals surface area (Å²) in [5.41, 5.74) is 5.94. The molecule has 0 fully saturated rings. The van der Waals surface area contributed by atoms with Crippen LogP contribution in [0.4, 0.5) is 18.9 Å². The van der Waals surface area contributed by atoms with E-state index in [1.807, 2.05) is 6.07 Å². The number of hydrogen-bond donors (Lipinski definition) is 4. The van der Waals surface area contributed by atoms with Gasteiger partial charge < -0.3 is 15.2 Å². The smallest absolute Gasteiger partial charge is 0.416 e. The van der Waals surface area contributed by atoms with E-state index >= 15 is 0 Å². The number of allylic oxidation sites excluding steroid dienone is 1. The minimum Gasteiger partial charge on any atom is -0.466 e. The Labute approximate surface area is 222 Å². The number of anilines is 1. The molecule has 5 N–H and O–H groups in total. The molecule has 39 heavy (non-hydrogen) atoms. The monoisotopic (exact) mass is 544 g/mol. The molecule has 1 heterocycles. The Kier molecular flexibility index (Phi) is 8.63. The number of benzene rings is 2. The van der Waals surface area contributed by atoms with Crippen molar-refractivity contribution in [1.82, 2.24) is 10.2 Å². The Bertz CT molecular complexity index is 1370. The Balaban J connectivity index is 2.29. The Morgan fingerprint density at radius 3 is 2.54 bits per heavy atom. The molecule has 0 spiro atoms. The van der Waals surface area contributed by atoms with Crippen molar-refractivity contribution >= 4 is 23.5 Å². The van der Waals surface area contributed by atoms with E-state index < -0.39 is 36.1 Å². The van der Waals surface area contributed by atoms with Crippen LogP contribution < -0.4 is 16.0 Å². The summed E-state index contributed by atoms with van der Waals surface area (Å²) in [5.74, 6) is -1.66. The number of carbonyl (C=O) groups is 2. The quantitative estimate of drug-likeness (QED) is 0.306. The van der Waals surface area contributed by atoms with Crippen LogP contribution >= 0.6 is 0 Å². The van der Waals surface area contributed by atoms with Gasteiger partial charge in [0.05, 0.1) is 35.9 Å². The lowest BCUT2D eigenvalue weighted by molar-refractivity contribution is -0.138. The third kappa shape index (κ3) is 6.02. The summed E-state index contributed by atoms with van der Waals surface area (Å²) in [6.07, 6.45) is -6.33. The molecule has 0 bridgehead atoms. The van der Waals surface area contributed by atoms with Gasteiger partial charge in [0, 0.05) is 24.9 Å². The van der Waals surface area contributed by atoms with Gasteiger partial charge in [-0.05, 0) is 54.8 Å². The molecule has 0 radical (unpaired) electrons. The fourth-order valence-corrected chi connectivity index (χ4v) is 4.48. The Hall–Kier alpha value is -4.41. The zero-order valence-electron chi connectivity index (χ0n) is 21.3. The number of methoxy groups -OCH3 is 1. The highest BCUT2D eigenvalue weighted by molar-refractivity contribution is 6.04. The number of nitrogens with two attached hydrogens (primary N) is 1. The number of hydrogen-bond acceptors (Lipinski definition) is 7. The molecule has 0 saturated carbocycles. The van der Waals surface area contributed by atoms with Crippen molar-refractivity contribution in [3.05, 3.63) is 76.0 Å². The lowest BCUT2D eigenvalue weighted by atomic mass is 9.88. The number of nitriles is 1. The van der Waals surface area contributed by atoms with Crippen LogP contribution in [0.1, 0.15) is 42.1 Å². The van der Waals surface area contributed by atoms with Gasteiger partial charge in [-0.2, -0.15) is 18.4 Å². The number of ether oxygens (including phenoxy) is 1. The molecule has 1 aliphatic rings. The first-order chi connectivity index (χ1) is 18.3. The maximum atomic E-state index is 13.5. The highest BCUT2D eigenvalue weighted by atomic mass is 19.4. The van der Waals surface area contributed by atoms with Gasteiger partial charge in [-0.25, -0.2) is 4.79 Å². The SMILES string of the molecule is COC(=O)C1=C(C)N(c2cccc(C(F)(F)F)c2)C(=N)N(C(N)O)[C@@H]1c1ccc(C#N)cc1CCNC(C)=O. The van der Waals surface area contributed by atoms with Gasteiger partial charge in [-0.15, -0.1) is 0 Å². The van der Waals surface area contributed by atoms with E-state index in [2.05, 4.69) is 5.32 Å². The van der Waals surface area contributed by atoms with Gasteiger partial charge in [-0.3, -0.25) is 25.7 Å². The second-order valence-electron chi connectivity index (χ2n) is 8.68. The number of alkyl halides is 3. The largest absolute Gasteiger partial charge is 0.466 e. The van der Waals surface area contributed by atoms with Crippen LogP contribution in [0.3, 0.4) is 0 Å². The molecular weight excluding hydrogens is 517 g/mol. The van der Waals surface area contributed by atoms with E-state index in [0.29, 0.717) is 11.1 Å². The number of nitrogens with one attached hydrogen (secondary N) is 2. The number of halogens is 3. The standard InChI is InChI=1S/C26H27F3N6O4/c1-14-21(23(37)39-3)22(20-8-7-16(13-30)11-17(20)9-10-33-15(2)36)35(25(32)38)24(31)34(14)19-6-4-5-18(12-19)26(27,28)29/h4-8,11-12,22,25,31,38H,9-10,32H2,1-3H3,(H,33,36)/t22-,25?/m1/s1. The van der Waals surface area contributed by atoms with E-state index in [4.69, 9.17) is 15.9 Å². The van der Waals surface area contributed by atoms with Crippen molar-refractivity contribution < 1.29 is 32.6 Å². The molecule has 2 atom stereocenters. The number of guanidine groups is 1. The average Bonchev–Trinajstić information content (AvgIpc) is 2.87. The molecule has 0 saturated heterocycles. The fraction of sp³-hybridized carbons (Fsp3) is 0.308. The fourth-order valence-electron chi connectivity index (χ4n) is 4.48. The highest BCUT2D eigenvalue weighted by Gasteiger charge is 2.44. The van der Waals surface area contributed by atoms with Crippen LogP contribution in [-0.2, 0) is 26.9 Å². The van der Waals surface area contributed by atoms with Crippen molar-refractivity contribution in [2.24, 2.45) is 5.73 Å². The van der Waals surface area contributed by atoms with Crippen LogP contribution in [0.5, 0.6) is 0 Å². The molecule has 3 rings (SSSR count). The van der Waals surface area contributed by atoms with Crippen molar-refractivity contribution in [1.29, 1.82) is 10.7 Å². The van der Waals surface area contributed by atoms with E-state index in [0.717, 1.165) is 35.1 Å². The predicted molar refractivity (Wildman–Crippen MR) is 135 cm³/mol. The maximum absolute atomic E-state index is 13.5. The van der Waals surface area contributed by atoms with E-state index in [-0.39, 0.29) is 41.4 Å². The van der Waals surface area contributed by atoms with Gasteiger partial charge in [0.15, 0.2) is 6.35 Å². The first kappa shape index (κ1) is 29.2. The minimum absolute atomic E-state index is 0.0743. The highest BCUT2D eigenvalue weighted by Crippen LogP contribution is 2.42. The van der Waals surface area contributed by atoms with Crippen LogP contribution in [0.15, 0.2) is 53.7 Å².